The Balaban J connectivity index is 1.46. The molecule has 2 aromatic rings. The monoisotopic (exact) mass is 407 g/mol. The molecule has 1 saturated carbocycles. The zero-order chi connectivity index (χ0) is 21.3. The van der Waals surface area contributed by atoms with Crippen LogP contribution in [0.15, 0.2) is 30.5 Å². The first-order valence-electron chi connectivity index (χ1n) is 9.62. The number of benzene rings is 1. The Morgan fingerprint density at radius 2 is 2.13 bits per heavy atom. The molecular weight excluding hydrogens is 386 g/mol. The highest BCUT2D eigenvalue weighted by Crippen LogP contribution is 2.30. The fraction of sp³-hybridized carbons (Fsp3) is 0.333. The molecule has 4 rings (SSSR count). The number of amides is 3. The fourth-order valence-corrected chi connectivity index (χ4v) is 3.15. The molecule has 0 unspecified atom stereocenters. The van der Waals surface area contributed by atoms with Crippen LogP contribution in [0.3, 0.4) is 0 Å². The lowest BCUT2D eigenvalue weighted by atomic mass is 10.0. The van der Waals surface area contributed by atoms with Gasteiger partial charge < -0.3 is 20.6 Å². The first-order valence-corrected chi connectivity index (χ1v) is 9.62. The minimum atomic E-state index is -1.68. The van der Waals surface area contributed by atoms with Crippen LogP contribution in [-0.4, -0.2) is 57.1 Å². The number of hydrogen-bond donors (Lipinski definition) is 4. The molecule has 1 aliphatic carbocycles. The average Bonchev–Trinajstić information content (AvgIpc) is 3.43. The molecule has 154 valence electrons. The van der Waals surface area contributed by atoms with Gasteiger partial charge in [-0.3, -0.25) is 19.5 Å². The number of anilines is 2. The lowest BCUT2D eigenvalue weighted by Gasteiger charge is -2.13. The van der Waals surface area contributed by atoms with Gasteiger partial charge in [-0.25, -0.2) is 0 Å². The Morgan fingerprint density at radius 3 is 2.83 bits per heavy atom. The average molecular weight is 407 g/mol. The summed E-state index contributed by atoms with van der Waals surface area (Å²) in [5.74, 6) is 4.46. The van der Waals surface area contributed by atoms with Crippen molar-refractivity contribution in [2.45, 2.75) is 24.9 Å². The minimum Gasteiger partial charge on any atom is -0.369 e. The third kappa shape index (κ3) is 4.04. The van der Waals surface area contributed by atoms with Crippen LogP contribution in [0.1, 0.15) is 35.3 Å². The highest BCUT2D eigenvalue weighted by Gasteiger charge is 2.42. The predicted octanol–water partition coefficient (Wildman–Crippen LogP) is 0.955. The Labute approximate surface area is 172 Å². The van der Waals surface area contributed by atoms with E-state index in [4.69, 9.17) is 0 Å². The van der Waals surface area contributed by atoms with Crippen LogP contribution in [0, 0.1) is 17.8 Å². The lowest BCUT2D eigenvalue weighted by molar-refractivity contribution is -0.137. The van der Waals surface area contributed by atoms with Crippen LogP contribution in [-0.2, 0) is 9.59 Å². The summed E-state index contributed by atoms with van der Waals surface area (Å²) in [6, 6.07) is 6.74. The summed E-state index contributed by atoms with van der Waals surface area (Å²) >= 11 is 0. The number of likely N-dealkylation sites (tertiary alicyclic amines) is 1. The normalized spacial score (nSPS) is 20.5. The molecule has 2 aliphatic rings. The van der Waals surface area contributed by atoms with Crippen LogP contribution in [0.4, 0.5) is 11.4 Å². The standard InChI is InChI=1S/C21H21N5O4/c1-26-10-9-21(30,20(26)29)8-7-13-3-2-4-15(11-13)23-19(28)17-16(12-22-25-17)24-18(27)14-5-6-14/h2-4,11-12,14,30H,5-6,9-10H2,1H3,(H,22,25)(H,23,28)(H,24,27)/t21-/m0/s1. The van der Waals surface area contributed by atoms with Gasteiger partial charge in [0.25, 0.3) is 11.8 Å². The Hall–Kier alpha value is -3.64. The van der Waals surface area contributed by atoms with Crippen LogP contribution in [0.2, 0.25) is 0 Å². The summed E-state index contributed by atoms with van der Waals surface area (Å²) in [4.78, 5) is 38.0. The predicted molar refractivity (Wildman–Crippen MR) is 108 cm³/mol. The van der Waals surface area contributed by atoms with Crippen molar-refractivity contribution in [3.63, 3.8) is 0 Å². The maximum atomic E-state index is 12.6. The molecule has 30 heavy (non-hydrogen) atoms. The molecule has 9 nitrogen and oxygen atoms in total. The summed E-state index contributed by atoms with van der Waals surface area (Å²) in [5, 5.41) is 22.3. The molecule has 1 atom stereocenters. The van der Waals surface area contributed by atoms with Gasteiger partial charge in [-0.05, 0) is 31.0 Å². The smallest absolute Gasteiger partial charge is 0.275 e. The number of nitrogens with one attached hydrogen (secondary N) is 3. The highest BCUT2D eigenvalue weighted by atomic mass is 16.3. The summed E-state index contributed by atoms with van der Waals surface area (Å²) in [6.07, 6.45) is 3.36. The number of carbonyl (C=O) groups is 3. The zero-order valence-corrected chi connectivity index (χ0v) is 16.4. The van der Waals surface area contributed by atoms with Crippen molar-refractivity contribution in [2.75, 3.05) is 24.2 Å². The fourth-order valence-electron chi connectivity index (χ4n) is 3.15. The SMILES string of the molecule is CN1CC[C@@](O)(C#Cc2cccc(NC(=O)c3[nH]ncc3NC(=O)C3CC3)c2)C1=O. The lowest BCUT2D eigenvalue weighted by Crippen LogP contribution is -2.37. The number of carbonyl (C=O) groups excluding carboxylic acids is 3. The number of hydrogen-bond acceptors (Lipinski definition) is 5. The van der Waals surface area contributed by atoms with E-state index in [2.05, 4.69) is 32.7 Å². The third-order valence-corrected chi connectivity index (χ3v) is 5.12. The van der Waals surface area contributed by atoms with E-state index in [9.17, 15) is 19.5 Å². The van der Waals surface area contributed by atoms with E-state index in [0.29, 0.717) is 23.5 Å². The second-order valence-corrected chi connectivity index (χ2v) is 7.54. The van der Waals surface area contributed by atoms with Crippen molar-refractivity contribution in [3.05, 3.63) is 41.7 Å². The summed E-state index contributed by atoms with van der Waals surface area (Å²) in [7, 11) is 1.62. The molecular formula is C21H21N5O4. The van der Waals surface area contributed by atoms with Gasteiger partial charge in [-0.15, -0.1) is 0 Å². The minimum absolute atomic E-state index is 0.00687. The van der Waals surface area contributed by atoms with Crippen LogP contribution >= 0.6 is 0 Å². The number of nitrogens with zero attached hydrogens (tertiary/aromatic N) is 2. The number of rotatable bonds is 4. The molecule has 4 N–H and O–H groups in total. The van der Waals surface area contributed by atoms with Crippen molar-refractivity contribution in [1.29, 1.82) is 0 Å². The quantitative estimate of drug-likeness (QED) is 0.562. The Bertz CT molecular complexity index is 1080. The topological polar surface area (TPSA) is 127 Å². The number of aromatic nitrogens is 2. The molecule has 9 heteroatoms. The van der Waals surface area contributed by atoms with E-state index >= 15 is 0 Å². The highest BCUT2D eigenvalue weighted by molar-refractivity contribution is 6.09. The van der Waals surface area contributed by atoms with Gasteiger partial charge in [0.05, 0.1) is 11.9 Å². The number of aromatic amines is 1. The zero-order valence-electron chi connectivity index (χ0n) is 16.4. The van der Waals surface area contributed by atoms with E-state index in [0.717, 1.165) is 12.8 Å². The maximum Gasteiger partial charge on any atom is 0.275 e. The van der Waals surface area contributed by atoms with Gasteiger partial charge in [0.2, 0.25) is 11.5 Å². The van der Waals surface area contributed by atoms with Gasteiger partial charge in [-0.2, -0.15) is 5.10 Å². The molecule has 3 amide bonds. The summed E-state index contributed by atoms with van der Waals surface area (Å²) in [6.45, 7) is 0.448. The van der Waals surface area contributed by atoms with Crippen molar-refractivity contribution in [1.82, 2.24) is 15.1 Å². The molecule has 1 aromatic heterocycles. The van der Waals surface area contributed by atoms with Gasteiger partial charge in [0.1, 0.15) is 5.69 Å². The number of H-pyrrole nitrogens is 1. The van der Waals surface area contributed by atoms with Gasteiger partial charge in [0, 0.05) is 37.2 Å². The largest absolute Gasteiger partial charge is 0.369 e. The molecule has 2 fully saturated rings. The number of aliphatic hydroxyl groups is 1. The van der Waals surface area contributed by atoms with Gasteiger partial charge in [-0.1, -0.05) is 17.9 Å². The number of likely N-dealkylation sites (N-methyl/N-ethyl adjacent to an activating group) is 1. The van der Waals surface area contributed by atoms with Crippen molar-refractivity contribution in [2.24, 2.45) is 5.92 Å². The second-order valence-electron chi connectivity index (χ2n) is 7.54. The van der Waals surface area contributed by atoms with Crippen molar-refractivity contribution < 1.29 is 19.5 Å². The van der Waals surface area contributed by atoms with E-state index in [1.54, 1.807) is 31.3 Å². The second kappa shape index (κ2) is 7.65. The third-order valence-electron chi connectivity index (χ3n) is 5.12. The summed E-state index contributed by atoms with van der Waals surface area (Å²) < 4.78 is 0. The maximum absolute atomic E-state index is 12.6. The first kappa shape index (κ1) is 19.7. The molecule has 1 aliphatic heterocycles. The van der Waals surface area contributed by atoms with Gasteiger partial charge >= 0.3 is 0 Å². The molecule has 0 radical (unpaired) electrons. The molecule has 0 bridgehead atoms. The molecule has 1 aromatic carbocycles. The molecule has 2 heterocycles. The van der Waals surface area contributed by atoms with Crippen molar-refractivity contribution >= 4 is 29.1 Å². The van der Waals surface area contributed by atoms with E-state index in [1.165, 1.54) is 11.1 Å². The van der Waals surface area contributed by atoms with Crippen molar-refractivity contribution in [3.8, 4) is 11.8 Å². The Morgan fingerprint density at radius 1 is 1.33 bits per heavy atom. The Kier molecular flexibility index (Phi) is 5.01. The molecule has 1 saturated heterocycles. The molecule has 0 spiro atoms. The van der Waals surface area contributed by atoms with Crippen LogP contribution < -0.4 is 10.6 Å². The van der Waals surface area contributed by atoms with E-state index < -0.39 is 17.4 Å². The van der Waals surface area contributed by atoms with Crippen LogP contribution in [0.25, 0.3) is 0 Å². The van der Waals surface area contributed by atoms with Crippen LogP contribution in [0.5, 0.6) is 0 Å². The summed E-state index contributed by atoms with van der Waals surface area (Å²) in [5.41, 5.74) is -0.197. The van der Waals surface area contributed by atoms with E-state index in [-0.39, 0.29) is 23.9 Å². The van der Waals surface area contributed by atoms with Gasteiger partial charge in [0.15, 0.2) is 0 Å². The van der Waals surface area contributed by atoms with E-state index in [1.807, 2.05) is 0 Å². The first-order chi connectivity index (χ1) is 14.4.